The van der Waals surface area contributed by atoms with Gasteiger partial charge in [0, 0.05) is 13.1 Å². The van der Waals surface area contributed by atoms with Gasteiger partial charge in [-0.2, -0.15) is 4.31 Å². The highest BCUT2D eigenvalue weighted by molar-refractivity contribution is 7.89. The maximum absolute atomic E-state index is 13.9. The summed E-state index contributed by atoms with van der Waals surface area (Å²) in [5.74, 6) is -1.13. The SMILES string of the molecule is CC[C@H](C)CN(C[C@@H](O)C(Cc1ccccc1)NC(=O)C1CN(c2ccc(F)cn2)C(=O)O1)S(=O)(=O)c1ccc2ncsc2c1. The number of nitrogens with one attached hydrogen (secondary N) is 1. The minimum Gasteiger partial charge on any atom is -0.434 e. The highest BCUT2D eigenvalue weighted by Gasteiger charge is 2.39. The van der Waals surface area contributed by atoms with Crippen LogP contribution in [0.15, 0.2) is 77.3 Å². The smallest absolute Gasteiger partial charge is 0.416 e. The zero-order chi connectivity index (χ0) is 32.1. The van der Waals surface area contributed by atoms with Crippen LogP contribution < -0.4 is 10.2 Å². The summed E-state index contributed by atoms with van der Waals surface area (Å²) in [4.78, 5) is 35.3. The van der Waals surface area contributed by atoms with Crippen LogP contribution in [0, 0.1) is 11.7 Å². The summed E-state index contributed by atoms with van der Waals surface area (Å²) in [5, 5.41) is 14.4. The number of aromatic nitrogens is 2. The van der Waals surface area contributed by atoms with Gasteiger partial charge in [-0.05, 0) is 48.2 Å². The quantitative estimate of drug-likeness (QED) is 0.220. The molecule has 1 saturated heterocycles. The van der Waals surface area contributed by atoms with E-state index in [1.165, 1.54) is 27.8 Å². The van der Waals surface area contributed by atoms with Gasteiger partial charge >= 0.3 is 6.09 Å². The third-order valence-corrected chi connectivity index (χ3v) is 10.3. The Kier molecular flexibility index (Phi) is 10.1. The number of thiazole rings is 1. The van der Waals surface area contributed by atoms with E-state index in [0.717, 1.165) is 27.4 Å². The zero-order valence-electron chi connectivity index (χ0n) is 24.7. The van der Waals surface area contributed by atoms with Gasteiger partial charge in [0.15, 0.2) is 6.10 Å². The lowest BCUT2D eigenvalue weighted by Crippen LogP contribution is -2.53. The van der Waals surface area contributed by atoms with Crippen molar-refractivity contribution < 1.29 is 32.2 Å². The first kappa shape index (κ1) is 32.4. The molecule has 238 valence electrons. The molecule has 45 heavy (non-hydrogen) atoms. The Morgan fingerprint density at radius 2 is 1.96 bits per heavy atom. The van der Waals surface area contributed by atoms with E-state index in [0.29, 0.717) is 11.9 Å². The number of amides is 2. The number of ether oxygens (including phenoxy) is 1. The number of benzene rings is 2. The number of carbonyl (C=O) groups excluding carboxylic acids is 2. The van der Waals surface area contributed by atoms with Crippen LogP contribution in [-0.4, -0.2) is 77.7 Å². The predicted molar refractivity (Wildman–Crippen MR) is 168 cm³/mol. The number of pyridine rings is 1. The Bertz CT molecular complexity index is 1740. The van der Waals surface area contributed by atoms with Crippen LogP contribution in [0.25, 0.3) is 10.2 Å². The van der Waals surface area contributed by atoms with Crippen molar-refractivity contribution in [2.45, 2.75) is 49.8 Å². The van der Waals surface area contributed by atoms with E-state index >= 15 is 0 Å². The summed E-state index contributed by atoms with van der Waals surface area (Å²) in [6.45, 7) is 3.58. The number of fused-ring (bicyclic) bond motifs is 1. The molecule has 2 aromatic carbocycles. The number of anilines is 1. The van der Waals surface area contributed by atoms with Gasteiger partial charge in [0.25, 0.3) is 5.91 Å². The fourth-order valence-corrected chi connectivity index (χ4v) is 7.36. The summed E-state index contributed by atoms with van der Waals surface area (Å²) in [7, 11) is -4.04. The number of hydrogen-bond donors (Lipinski definition) is 2. The molecule has 2 aromatic heterocycles. The molecule has 4 atom stereocenters. The number of hydrogen-bond acceptors (Lipinski definition) is 9. The molecular formula is C31H34FN5O6S2. The van der Waals surface area contributed by atoms with Crippen molar-refractivity contribution in [3.8, 4) is 0 Å². The normalized spacial score (nSPS) is 17.3. The molecule has 14 heteroatoms. The van der Waals surface area contributed by atoms with E-state index in [9.17, 15) is 27.5 Å². The molecule has 4 aromatic rings. The highest BCUT2D eigenvalue weighted by atomic mass is 32.2. The van der Waals surface area contributed by atoms with Gasteiger partial charge in [-0.15, -0.1) is 11.3 Å². The van der Waals surface area contributed by atoms with Crippen LogP contribution in [0.3, 0.4) is 0 Å². The number of aliphatic hydroxyl groups is 1. The second-order valence-electron chi connectivity index (χ2n) is 11.0. The maximum Gasteiger partial charge on any atom is 0.416 e. The standard InChI is InChI=1S/C31H34FN5O6S2/c1-3-20(2)16-36(45(41,42)23-10-11-24-28(14-23)44-19-34-24)17-26(38)25(13-21-7-5-4-6-8-21)35-30(39)27-18-37(31(40)43-27)29-12-9-22(32)15-33-29/h4-12,14-15,19-20,25-27,38H,3,13,16-18H2,1-2H3,(H,35,39)/t20-,25?,26+,27?/m0/s1. The molecule has 1 fully saturated rings. The average Bonchev–Trinajstić information content (AvgIpc) is 3.67. The van der Waals surface area contributed by atoms with Crippen molar-refractivity contribution in [3.63, 3.8) is 0 Å². The fourth-order valence-electron chi connectivity index (χ4n) is 4.97. The Hall–Kier alpha value is -3.98. The molecule has 0 saturated carbocycles. The third kappa shape index (κ3) is 7.64. The van der Waals surface area contributed by atoms with Crippen LogP contribution in [0.1, 0.15) is 25.8 Å². The van der Waals surface area contributed by atoms with Gasteiger partial charge < -0.3 is 15.2 Å². The second-order valence-corrected chi connectivity index (χ2v) is 13.8. The second kappa shape index (κ2) is 14.0. The van der Waals surface area contributed by atoms with Crippen molar-refractivity contribution >= 4 is 49.4 Å². The molecule has 2 N–H and O–H groups in total. The fraction of sp³-hybridized carbons (Fsp3) is 0.355. The molecule has 11 nitrogen and oxygen atoms in total. The van der Waals surface area contributed by atoms with Crippen LogP contribution in [0.4, 0.5) is 15.0 Å². The van der Waals surface area contributed by atoms with Gasteiger partial charge in [0.2, 0.25) is 10.0 Å². The lowest BCUT2D eigenvalue weighted by atomic mass is 10.0. The minimum atomic E-state index is -4.04. The lowest BCUT2D eigenvalue weighted by molar-refractivity contribution is -0.129. The molecule has 0 radical (unpaired) electrons. The topological polar surface area (TPSA) is 142 Å². The Labute approximate surface area is 264 Å². The van der Waals surface area contributed by atoms with Crippen LogP contribution >= 0.6 is 11.3 Å². The van der Waals surface area contributed by atoms with Crippen LogP contribution in [-0.2, 0) is 26.0 Å². The summed E-state index contributed by atoms with van der Waals surface area (Å²) < 4.78 is 48.5. The Balaban J connectivity index is 1.37. The predicted octanol–water partition coefficient (Wildman–Crippen LogP) is 3.98. The molecule has 3 heterocycles. The summed E-state index contributed by atoms with van der Waals surface area (Å²) in [5.41, 5.74) is 3.14. The zero-order valence-corrected chi connectivity index (χ0v) is 26.4. The van der Waals surface area contributed by atoms with E-state index in [1.54, 1.807) is 17.6 Å². The van der Waals surface area contributed by atoms with E-state index in [1.807, 2.05) is 44.2 Å². The first-order valence-electron chi connectivity index (χ1n) is 14.5. The first-order chi connectivity index (χ1) is 21.5. The molecule has 0 spiro atoms. The Morgan fingerprint density at radius 3 is 2.67 bits per heavy atom. The van der Waals surface area contributed by atoms with Crippen molar-refractivity contribution in [2.24, 2.45) is 5.92 Å². The number of halogens is 1. The van der Waals surface area contributed by atoms with Gasteiger partial charge in [0.1, 0.15) is 11.6 Å². The molecule has 2 amide bonds. The third-order valence-electron chi connectivity index (χ3n) is 7.73. The molecule has 0 bridgehead atoms. The summed E-state index contributed by atoms with van der Waals surface area (Å²) in [6.07, 6.45) is -1.53. The molecular weight excluding hydrogens is 622 g/mol. The number of nitrogens with zero attached hydrogens (tertiary/aromatic N) is 4. The van der Waals surface area contributed by atoms with E-state index in [4.69, 9.17) is 4.74 Å². The highest BCUT2D eigenvalue weighted by Crippen LogP contribution is 2.26. The molecule has 0 aliphatic carbocycles. The minimum absolute atomic E-state index is 0.00905. The Morgan fingerprint density at radius 1 is 1.18 bits per heavy atom. The monoisotopic (exact) mass is 655 g/mol. The summed E-state index contributed by atoms with van der Waals surface area (Å²) >= 11 is 1.34. The van der Waals surface area contributed by atoms with Crippen molar-refractivity contribution in [3.05, 3.63) is 83.8 Å². The van der Waals surface area contributed by atoms with Gasteiger partial charge in [-0.3, -0.25) is 9.69 Å². The van der Waals surface area contributed by atoms with E-state index < -0.39 is 46.1 Å². The van der Waals surface area contributed by atoms with Gasteiger partial charge in [0.05, 0.1) is 45.5 Å². The van der Waals surface area contributed by atoms with Crippen molar-refractivity contribution in [2.75, 3.05) is 24.5 Å². The van der Waals surface area contributed by atoms with Crippen LogP contribution in [0.5, 0.6) is 0 Å². The maximum atomic E-state index is 13.9. The summed E-state index contributed by atoms with van der Waals surface area (Å²) in [6, 6.07) is 15.4. The molecule has 5 rings (SSSR count). The number of aliphatic hydroxyl groups excluding tert-OH is 1. The van der Waals surface area contributed by atoms with Crippen molar-refractivity contribution in [1.82, 2.24) is 19.6 Å². The van der Waals surface area contributed by atoms with Gasteiger partial charge in [-0.1, -0.05) is 50.6 Å². The van der Waals surface area contributed by atoms with Gasteiger partial charge in [-0.25, -0.2) is 27.6 Å². The van der Waals surface area contributed by atoms with Crippen molar-refractivity contribution in [1.29, 1.82) is 0 Å². The van der Waals surface area contributed by atoms with Crippen LogP contribution in [0.2, 0.25) is 0 Å². The first-order valence-corrected chi connectivity index (χ1v) is 16.8. The number of carbonyl (C=O) groups is 2. The van der Waals surface area contributed by atoms with E-state index in [2.05, 4.69) is 15.3 Å². The lowest BCUT2D eigenvalue weighted by Gasteiger charge is -2.31. The largest absolute Gasteiger partial charge is 0.434 e. The van der Waals surface area contributed by atoms with E-state index in [-0.39, 0.29) is 42.7 Å². The number of rotatable bonds is 13. The molecule has 2 unspecified atom stereocenters. The number of cyclic esters (lactones) is 1. The molecule has 1 aliphatic heterocycles. The average molecular weight is 656 g/mol. The molecule has 1 aliphatic rings. The number of sulfonamides is 1.